The molecule has 1 saturated heterocycles. The lowest BCUT2D eigenvalue weighted by Crippen LogP contribution is -2.49. The number of aromatic nitrogens is 2. The minimum absolute atomic E-state index is 0.0479. The second-order valence-electron chi connectivity index (χ2n) is 8.72. The number of likely N-dealkylation sites (N-methyl/N-ethyl adjacent to an activating group) is 2. The van der Waals surface area contributed by atoms with E-state index in [1.54, 1.807) is 55.6 Å². The topological polar surface area (TPSA) is 86.0 Å². The summed E-state index contributed by atoms with van der Waals surface area (Å²) < 4.78 is 61.4. The Labute approximate surface area is 210 Å². The van der Waals surface area contributed by atoms with E-state index in [4.69, 9.17) is 4.42 Å². The molecule has 36 heavy (non-hydrogen) atoms. The molecule has 0 atom stereocenters. The molecule has 0 saturated carbocycles. The van der Waals surface area contributed by atoms with E-state index in [2.05, 4.69) is 27.0 Å². The SMILES string of the molecule is CN1CCN(CCN(C)S(=O)(=O)N(Cc2ccccc2-c2nnc(C(F)F)o2)c2ccccc2)CC1. The molecule has 0 N–H and O–H groups in total. The van der Waals surface area contributed by atoms with Crippen molar-refractivity contribution >= 4 is 15.9 Å². The molecule has 194 valence electrons. The Morgan fingerprint density at radius 3 is 2.33 bits per heavy atom. The van der Waals surface area contributed by atoms with Gasteiger partial charge in [-0.05, 0) is 30.8 Å². The first-order chi connectivity index (χ1) is 17.3. The van der Waals surface area contributed by atoms with Gasteiger partial charge in [0.05, 0.1) is 12.2 Å². The highest BCUT2D eigenvalue weighted by molar-refractivity contribution is 7.90. The van der Waals surface area contributed by atoms with Gasteiger partial charge in [0.1, 0.15) is 0 Å². The molecule has 1 aliphatic rings. The highest BCUT2D eigenvalue weighted by Crippen LogP contribution is 2.29. The first-order valence-corrected chi connectivity index (χ1v) is 13.0. The number of hydrogen-bond donors (Lipinski definition) is 0. The summed E-state index contributed by atoms with van der Waals surface area (Å²) >= 11 is 0. The normalized spacial score (nSPS) is 15.6. The fourth-order valence-corrected chi connectivity index (χ4v) is 5.33. The molecule has 0 spiro atoms. The molecule has 0 amide bonds. The number of nitrogens with zero attached hydrogens (tertiary/aromatic N) is 6. The first kappa shape index (κ1) is 26.1. The van der Waals surface area contributed by atoms with Crippen LogP contribution in [-0.2, 0) is 16.8 Å². The molecule has 1 aromatic heterocycles. The molecule has 12 heteroatoms. The molecule has 0 bridgehead atoms. The zero-order chi connectivity index (χ0) is 25.7. The number of benzene rings is 2. The molecule has 0 unspecified atom stereocenters. The van der Waals surface area contributed by atoms with Crippen LogP contribution in [0.1, 0.15) is 17.9 Å². The number of halogens is 2. The molecule has 0 aliphatic carbocycles. The van der Waals surface area contributed by atoms with Gasteiger partial charge in [-0.15, -0.1) is 10.2 Å². The van der Waals surface area contributed by atoms with Gasteiger partial charge in [-0.2, -0.15) is 21.5 Å². The second-order valence-corrected chi connectivity index (χ2v) is 10.7. The van der Waals surface area contributed by atoms with E-state index in [-0.39, 0.29) is 12.4 Å². The van der Waals surface area contributed by atoms with Crippen molar-refractivity contribution in [1.82, 2.24) is 24.3 Å². The molecule has 1 aliphatic heterocycles. The molecular formula is C24H30F2N6O3S. The van der Waals surface area contributed by atoms with Crippen molar-refractivity contribution in [2.75, 3.05) is 57.7 Å². The number of alkyl halides is 2. The van der Waals surface area contributed by atoms with Crippen LogP contribution in [0.5, 0.6) is 0 Å². The van der Waals surface area contributed by atoms with Gasteiger partial charge < -0.3 is 9.32 Å². The maximum absolute atomic E-state index is 13.8. The third kappa shape index (κ3) is 6.06. The average Bonchev–Trinajstić information content (AvgIpc) is 3.38. The molecule has 1 fully saturated rings. The fourth-order valence-electron chi connectivity index (χ4n) is 3.99. The zero-order valence-corrected chi connectivity index (χ0v) is 21.1. The average molecular weight is 521 g/mol. The quantitative estimate of drug-likeness (QED) is 0.406. The summed E-state index contributed by atoms with van der Waals surface area (Å²) in [5, 5.41) is 7.15. The number of rotatable bonds is 10. The van der Waals surface area contributed by atoms with Crippen molar-refractivity contribution in [2.24, 2.45) is 0 Å². The Morgan fingerprint density at radius 1 is 1.00 bits per heavy atom. The minimum atomic E-state index is -3.93. The summed E-state index contributed by atoms with van der Waals surface area (Å²) in [6, 6.07) is 15.6. The van der Waals surface area contributed by atoms with Crippen molar-refractivity contribution in [3.05, 3.63) is 66.1 Å². The summed E-state index contributed by atoms with van der Waals surface area (Å²) in [7, 11) is -0.283. The van der Waals surface area contributed by atoms with Gasteiger partial charge in [0, 0.05) is 51.9 Å². The second kappa shape index (κ2) is 11.4. The maximum atomic E-state index is 13.8. The Bertz CT molecular complexity index is 1230. The molecule has 4 rings (SSSR count). The number of anilines is 1. The smallest absolute Gasteiger partial charge is 0.314 e. The third-order valence-corrected chi connectivity index (χ3v) is 8.10. The molecule has 3 aromatic rings. The summed E-state index contributed by atoms with van der Waals surface area (Å²) in [6.45, 7) is 4.60. The summed E-state index contributed by atoms with van der Waals surface area (Å²) in [6.07, 6.45) is -2.89. The lowest BCUT2D eigenvalue weighted by Gasteiger charge is -2.34. The predicted molar refractivity (Wildman–Crippen MR) is 133 cm³/mol. The van der Waals surface area contributed by atoms with Gasteiger partial charge in [0.25, 0.3) is 5.89 Å². The minimum Gasteiger partial charge on any atom is -0.415 e. The van der Waals surface area contributed by atoms with Crippen LogP contribution in [0.4, 0.5) is 14.5 Å². The first-order valence-electron chi connectivity index (χ1n) is 11.7. The summed E-state index contributed by atoms with van der Waals surface area (Å²) in [4.78, 5) is 4.50. The Kier molecular flexibility index (Phi) is 8.29. The van der Waals surface area contributed by atoms with Crippen molar-refractivity contribution in [3.63, 3.8) is 0 Å². The number of piperazine rings is 1. The highest BCUT2D eigenvalue weighted by atomic mass is 32.2. The van der Waals surface area contributed by atoms with Crippen LogP contribution < -0.4 is 4.31 Å². The van der Waals surface area contributed by atoms with Crippen molar-refractivity contribution in [2.45, 2.75) is 13.0 Å². The fraction of sp³-hybridized carbons (Fsp3) is 0.417. The van der Waals surface area contributed by atoms with Gasteiger partial charge in [0.2, 0.25) is 5.89 Å². The van der Waals surface area contributed by atoms with Crippen LogP contribution in [0.2, 0.25) is 0 Å². The molecule has 2 aromatic carbocycles. The van der Waals surface area contributed by atoms with E-state index in [9.17, 15) is 17.2 Å². The van der Waals surface area contributed by atoms with Crippen LogP contribution in [-0.4, -0.2) is 86.1 Å². The zero-order valence-electron chi connectivity index (χ0n) is 20.3. The van der Waals surface area contributed by atoms with E-state index in [1.165, 1.54) is 8.61 Å². The van der Waals surface area contributed by atoms with E-state index >= 15 is 0 Å². The molecule has 9 nitrogen and oxygen atoms in total. The highest BCUT2D eigenvalue weighted by Gasteiger charge is 2.29. The lowest BCUT2D eigenvalue weighted by atomic mass is 10.1. The van der Waals surface area contributed by atoms with Crippen molar-refractivity contribution < 1.29 is 21.6 Å². The summed E-state index contributed by atoms with van der Waals surface area (Å²) in [5.41, 5.74) is 1.42. The predicted octanol–water partition coefficient (Wildman–Crippen LogP) is 3.10. The third-order valence-electron chi connectivity index (χ3n) is 6.23. The van der Waals surface area contributed by atoms with Crippen molar-refractivity contribution in [3.8, 4) is 11.5 Å². The summed E-state index contributed by atoms with van der Waals surface area (Å²) in [5.74, 6) is -0.870. The largest absolute Gasteiger partial charge is 0.415 e. The lowest BCUT2D eigenvalue weighted by molar-refractivity contribution is 0.116. The van der Waals surface area contributed by atoms with E-state index in [0.29, 0.717) is 29.9 Å². The maximum Gasteiger partial charge on any atom is 0.314 e. The van der Waals surface area contributed by atoms with Gasteiger partial charge in [-0.25, -0.2) is 0 Å². The van der Waals surface area contributed by atoms with E-state index in [1.807, 2.05) is 6.07 Å². The standard InChI is InChI=1S/C24H30F2N6O3S/c1-29-12-15-31(16-13-29)17-14-30(2)36(33,34)32(20-9-4-3-5-10-20)18-19-8-6-7-11-21(19)23-27-28-24(35-23)22(25)26/h3-11,22H,12-18H2,1-2H3. The Balaban J connectivity index is 1.59. The van der Waals surface area contributed by atoms with E-state index in [0.717, 1.165) is 26.2 Å². The van der Waals surface area contributed by atoms with Gasteiger partial charge in [0.15, 0.2) is 0 Å². The van der Waals surface area contributed by atoms with Crippen LogP contribution in [0.3, 0.4) is 0 Å². The van der Waals surface area contributed by atoms with Crippen molar-refractivity contribution in [1.29, 1.82) is 0 Å². The Morgan fingerprint density at radius 2 is 1.67 bits per heavy atom. The van der Waals surface area contributed by atoms with Crippen LogP contribution in [0.25, 0.3) is 11.5 Å². The molecular weight excluding hydrogens is 490 g/mol. The molecule has 0 radical (unpaired) electrons. The van der Waals surface area contributed by atoms with Crippen LogP contribution in [0, 0.1) is 0 Å². The van der Waals surface area contributed by atoms with Gasteiger partial charge in [-0.1, -0.05) is 36.4 Å². The van der Waals surface area contributed by atoms with E-state index < -0.39 is 22.5 Å². The van der Waals surface area contributed by atoms with Crippen LogP contribution >= 0.6 is 0 Å². The number of para-hydroxylation sites is 1. The van der Waals surface area contributed by atoms with Gasteiger partial charge in [-0.3, -0.25) is 9.21 Å². The monoisotopic (exact) mass is 520 g/mol. The van der Waals surface area contributed by atoms with Crippen LogP contribution in [0.15, 0.2) is 59.0 Å². The number of hydrogen-bond acceptors (Lipinski definition) is 7. The Hall–Kier alpha value is -2.93. The molecule has 2 heterocycles. The van der Waals surface area contributed by atoms with Gasteiger partial charge >= 0.3 is 16.6 Å².